The van der Waals surface area contributed by atoms with Crippen molar-refractivity contribution >= 4 is 0 Å². The van der Waals surface area contributed by atoms with Crippen molar-refractivity contribution in [1.82, 2.24) is 10.2 Å². The molecule has 1 saturated carbocycles. The van der Waals surface area contributed by atoms with E-state index in [-0.39, 0.29) is 0 Å². The molecular formula is C17H36N2. The summed E-state index contributed by atoms with van der Waals surface area (Å²) in [7, 11) is 2.30. The van der Waals surface area contributed by atoms with Crippen LogP contribution in [0.1, 0.15) is 60.3 Å². The van der Waals surface area contributed by atoms with Gasteiger partial charge in [-0.3, -0.25) is 0 Å². The highest BCUT2D eigenvalue weighted by molar-refractivity contribution is 4.89. The molecular weight excluding hydrogens is 232 g/mol. The summed E-state index contributed by atoms with van der Waals surface area (Å²) in [4.78, 5) is 2.57. The minimum absolute atomic E-state index is 0.707. The van der Waals surface area contributed by atoms with E-state index in [0.29, 0.717) is 6.04 Å². The molecule has 1 aliphatic rings. The van der Waals surface area contributed by atoms with Crippen LogP contribution in [-0.4, -0.2) is 37.1 Å². The molecule has 0 saturated heterocycles. The maximum absolute atomic E-state index is 3.82. The molecule has 0 spiro atoms. The van der Waals surface area contributed by atoms with Crippen LogP contribution in [0.2, 0.25) is 0 Å². The molecule has 0 radical (unpaired) electrons. The summed E-state index contributed by atoms with van der Waals surface area (Å²) >= 11 is 0. The van der Waals surface area contributed by atoms with Crippen LogP contribution in [0, 0.1) is 17.8 Å². The molecule has 5 unspecified atom stereocenters. The van der Waals surface area contributed by atoms with Gasteiger partial charge in [0.15, 0.2) is 0 Å². The van der Waals surface area contributed by atoms with Crippen molar-refractivity contribution in [2.75, 3.05) is 20.1 Å². The molecule has 0 aliphatic heterocycles. The lowest BCUT2D eigenvalue weighted by Crippen LogP contribution is -2.49. The topological polar surface area (TPSA) is 15.3 Å². The van der Waals surface area contributed by atoms with Crippen LogP contribution in [0.4, 0.5) is 0 Å². The zero-order valence-electron chi connectivity index (χ0n) is 14.1. The molecule has 0 aromatic heterocycles. The van der Waals surface area contributed by atoms with Gasteiger partial charge < -0.3 is 10.2 Å². The Labute approximate surface area is 121 Å². The molecule has 19 heavy (non-hydrogen) atoms. The highest BCUT2D eigenvalue weighted by atomic mass is 15.1. The van der Waals surface area contributed by atoms with Gasteiger partial charge in [-0.25, -0.2) is 0 Å². The van der Waals surface area contributed by atoms with Crippen LogP contribution in [-0.2, 0) is 0 Å². The molecule has 0 amide bonds. The molecule has 2 heteroatoms. The lowest BCUT2D eigenvalue weighted by molar-refractivity contribution is 0.0963. The maximum Gasteiger partial charge on any atom is 0.0113 e. The monoisotopic (exact) mass is 268 g/mol. The quantitative estimate of drug-likeness (QED) is 0.756. The smallest absolute Gasteiger partial charge is 0.0113 e. The van der Waals surface area contributed by atoms with Gasteiger partial charge in [0.2, 0.25) is 0 Å². The number of rotatable bonds is 7. The summed E-state index contributed by atoms with van der Waals surface area (Å²) in [5.74, 6) is 2.56. The van der Waals surface area contributed by atoms with Gasteiger partial charge >= 0.3 is 0 Å². The molecule has 1 fully saturated rings. The second-order valence-corrected chi connectivity index (χ2v) is 6.98. The van der Waals surface area contributed by atoms with Crippen molar-refractivity contribution in [2.45, 2.75) is 72.4 Å². The highest BCUT2D eigenvalue weighted by Gasteiger charge is 2.34. The number of nitrogens with zero attached hydrogens (tertiary/aromatic N) is 1. The van der Waals surface area contributed by atoms with E-state index in [0.717, 1.165) is 23.8 Å². The number of hydrogen-bond donors (Lipinski definition) is 1. The van der Waals surface area contributed by atoms with E-state index in [9.17, 15) is 0 Å². The van der Waals surface area contributed by atoms with Crippen molar-refractivity contribution in [3.05, 3.63) is 0 Å². The first-order valence-electron chi connectivity index (χ1n) is 8.43. The predicted octanol–water partition coefficient (Wildman–Crippen LogP) is 3.77. The van der Waals surface area contributed by atoms with Crippen LogP contribution in [0.15, 0.2) is 0 Å². The first-order chi connectivity index (χ1) is 8.99. The second-order valence-electron chi connectivity index (χ2n) is 6.98. The molecule has 1 rings (SSSR count). The van der Waals surface area contributed by atoms with E-state index in [2.05, 4.69) is 51.9 Å². The third-order valence-corrected chi connectivity index (χ3v) is 5.18. The average molecular weight is 268 g/mol. The maximum atomic E-state index is 3.82. The summed E-state index contributed by atoms with van der Waals surface area (Å²) in [6.07, 6.45) is 5.26. The highest BCUT2D eigenvalue weighted by Crippen LogP contribution is 2.34. The molecule has 114 valence electrons. The van der Waals surface area contributed by atoms with Gasteiger partial charge in [0.25, 0.3) is 0 Å². The summed E-state index contributed by atoms with van der Waals surface area (Å²) in [6, 6.07) is 1.43. The van der Waals surface area contributed by atoms with E-state index in [1.54, 1.807) is 0 Å². The Morgan fingerprint density at radius 1 is 1.21 bits per heavy atom. The second kappa shape index (κ2) is 8.26. The minimum atomic E-state index is 0.707. The molecule has 1 aliphatic carbocycles. The Balaban J connectivity index is 2.62. The van der Waals surface area contributed by atoms with Crippen molar-refractivity contribution in [3.8, 4) is 0 Å². The van der Waals surface area contributed by atoms with E-state index in [4.69, 9.17) is 0 Å². The standard InChI is InChI=1S/C17H36N2/c1-7-9-18-17-11-13(3)10-14(4)16(17)12-19(6)15(5)8-2/h13-18H,7-12H2,1-6H3. The molecule has 0 aromatic rings. The van der Waals surface area contributed by atoms with Gasteiger partial charge in [-0.15, -0.1) is 0 Å². The van der Waals surface area contributed by atoms with Crippen molar-refractivity contribution in [3.63, 3.8) is 0 Å². The summed E-state index contributed by atoms with van der Waals surface area (Å²) < 4.78 is 0. The third-order valence-electron chi connectivity index (χ3n) is 5.18. The van der Waals surface area contributed by atoms with E-state index >= 15 is 0 Å². The first kappa shape index (κ1) is 17.0. The van der Waals surface area contributed by atoms with Crippen LogP contribution < -0.4 is 5.32 Å². The fraction of sp³-hybridized carbons (Fsp3) is 1.00. The predicted molar refractivity (Wildman–Crippen MR) is 85.5 cm³/mol. The lowest BCUT2D eigenvalue weighted by Gasteiger charge is -2.43. The van der Waals surface area contributed by atoms with Gasteiger partial charge in [0, 0.05) is 18.6 Å². The van der Waals surface area contributed by atoms with Gasteiger partial charge in [-0.1, -0.05) is 27.7 Å². The van der Waals surface area contributed by atoms with Crippen LogP contribution in [0.3, 0.4) is 0 Å². The van der Waals surface area contributed by atoms with E-state index in [1.807, 2.05) is 0 Å². The van der Waals surface area contributed by atoms with Gasteiger partial charge in [0.1, 0.15) is 0 Å². The average Bonchev–Trinajstić information content (AvgIpc) is 2.38. The van der Waals surface area contributed by atoms with Crippen molar-refractivity contribution in [2.24, 2.45) is 17.8 Å². The first-order valence-corrected chi connectivity index (χ1v) is 8.43. The molecule has 1 N–H and O–H groups in total. The fourth-order valence-electron chi connectivity index (χ4n) is 3.61. The zero-order valence-corrected chi connectivity index (χ0v) is 14.1. The Bertz CT molecular complexity index is 241. The Morgan fingerprint density at radius 3 is 2.47 bits per heavy atom. The molecule has 5 atom stereocenters. The zero-order chi connectivity index (χ0) is 14.4. The van der Waals surface area contributed by atoms with Crippen LogP contribution in [0.25, 0.3) is 0 Å². The van der Waals surface area contributed by atoms with Gasteiger partial charge in [-0.2, -0.15) is 0 Å². The van der Waals surface area contributed by atoms with E-state index < -0.39 is 0 Å². The van der Waals surface area contributed by atoms with Crippen molar-refractivity contribution < 1.29 is 0 Å². The van der Waals surface area contributed by atoms with Crippen LogP contribution in [0.5, 0.6) is 0 Å². The number of nitrogens with one attached hydrogen (secondary N) is 1. The third kappa shape index (κ3) is 5.07. The molecule has 2 nitrogen and oxygen atoms in total. The summed E-state index contributed by atoms with van der Waals surface area (Å²) in [6.45, 7) is 14.2. The summed E-state index contributed by atoms with van der Waals surface area (Å²) in [5.41, 5.74) is 0. The Morgan fingerprint density at radius 2 is 1.89 bits per heavy atom. The SMILES string of the molecule is CCCNC1CC(C)CC(C)C1CN(C)C(C)CC. The van der Waals surface area contributed by atoms with Crippen LogP contribution >= 0.6 is 0 Å². The summed E-state index contributed by atoms with van der Waals surface area (Å²) in [5, 5.41) is 3.82. The largest absolute Gasteiger partial charge is 0.314 e. The fourth-order valence-corrected chi connectivity index (χ4v) is 3.61. The normalized spacial score (nSPS) is 33.6. The van der Waals surface area contributed by atoms with Gasteiger partial charge in [0.05, 0.1) is 0 Å². The Hall–Kier alpha value is -0.0800. The lowest BCUT2D eigenvalue weighted by atomic mass is 9.72. The minimum Gasteiger partial charge on any atom is -0.314 e. The molecule has 0 heterocycles. The molecule has 0 bridgehead atoms. The number of hydrogen-bond acceptors (Lipinski definition) is 2. The molecule has 0 aromatic carbocycles. The van der Waals surface area contributed by atoms with E-state index in [1.165, 1.54) is 38.8 Å². The van der Waals surface area contributed by atoms with Gasteiger partial charge in [-0.05, 0) is 64.0 Å². The van der Waals surface area contributed by atoms with Crippen molar-refractivity contribution in [1.29, 1.82) is 0 Å². The Kier molecular flexibility index (Phi) is 7.38.